The second-order valence-electron chi connectivity index (χ2n) is 4.85. The highest BCUT2D eigenvalue weighted by molar-refractivity contribution is 7.99. The van der Waals surface area contributed by atoms with Gasteiger partial charge >= 0.3 is 5.97 Å². The molecule has 2 fully saturated rings. The summed E-state index contributed by atoms with van der Waals surface area (Å²) in [5.74, 6) is -0.679. The maximum absolute atomic E-state index is 12.0. The SMILES string of the molecule is CN1C[C@@H](C(=O)N[C@]2(C(=O)O)CCSC2)CC1=O. The first-order valence-electron chi connectivity index (χ1n) is 5.82. The smallest absolute Gasteiger partial charge is 0.330 e. The average Bonchev–Trinajstić information content (AvgIpc) is 2.88. The minimum atomic E-state index is -1.15. The van der Waals surface area contributed by atoms with Crippen LogP contribution in [0, 0.1) is 5.92 Å². The van der Waals surface area contributed by atoms with Crippen LogP contribution in [0.4, 0.5) is 0 Å². The Morgan fingerprint density at radius 3 is 2.72 bits per heavy atom. The van der Waals surface area contributed by atoms with E-state index in [4.69, 9.17) is 0 Å². The lowest BCUT2D eigenvalue weighted by Crippen LogP contribution is -2.56. The van der Waals surface area contributed by atoms with Crippen LogP contribution in [0.2, 0.25) is 0 Å². The Hall–Kier alpha value is -1.24. The number of likely N-dealkylation sites (tertiary alicyclic amines) is 1. The number of aliphatic carboxylic acids is 1. The van der Waals surface area contributed by atoms with E-state index in [0.717, 1.165) is 5.75 Å². The van der Waals surface area contributed by atoms with Crippen molar-refractivity contribution in [3.05, 3.63) is 0 Å². The van der Waals surface area contributed by atoms with Crippen LogP contribution in [0.3, 0.4) is 0 Å². The van der Waals surface area contributed by atoms with Gasteiger partial charge < -0.3 is 15.3 Å². The zero-order valence-electron chi connectivity index (χ0n) is 10.1. The van der Waals surface area contributed by atoms with E-state index in [1.807, 2.05) is 0 Å². The third kappa shape index (κ3) is 2.31. The highest BCUT2D eigenvalue weighted by Crippen LogP contribution is 2.29. The minimum Gasteiger partial charge on any atom is -0.479 e. The number of carboxylic acid groups (broad SMARTS) is 1. The number of hydrogen-bond donors (Lipinski definition) is 2. The molecule has 2 saturated heterocycles. The van der Waals surface area contributed by atoms with Crippen LogP contribution in [0.15, 0.2) is 0 Å². The molecule has 2 atom stereocenters. The van der Waals surface area contributed by atoms with E-state index >= 15 is 0 Å². The van der Waals surface area contributed by atoms with Crippen molar-refractivity contribution in [2.24, 2.45) is 5.92 Å². The molecule has 0 unspecified atom stereocenters. The lowest BCUT2D eigenvalue weighted by Gasteiger charge is -2.26. The van der Waals surface area contributed by atoms with Gasteiger partial charge in [-0.3, -0.25) is 9.59 Å². The maximum Gasteiger partial charge on any atom is 0.330 e. The van der Waals surface area contributed by atoms with E-state index in [-0.39, 0.29) is 18.2 Å². The lowest BCUT2D eigenvalue weighted by molar-refractivity contribution is -0.147. The molecule has 2 heterocycles. The average molecular weight is 272 g/mol. The molecule has 0 aromatic carbocycles. The number of rotatable bonds is 3. The molecule has 18 heavy (non-hydrogen) atoms. The Balaban J connectivity index is 2.02. The number of carbonyl (C=O) groups is 3. The van der Waals surface area contributed by atoms with Crippen LogP contribution in [0.1, 0.15) is 12.8 Å². The number of hydrogen-bond acceptors (Lipinski definition) is 4. The predicted octanol–water partition coefficient (Wildman–Crippen LogP) is -0.459. The standard InChI is InChI=1S/C11H16N2O4S/c1-13-5-7(4-8(13)14)9(15)12-11(10(16)17)2-3-18-6-11/h7H,2-6H2,1H3,(H,12,15)(H,16,17)/t7-,11+/m0/s1. The van der Waals surface area contributed by atoms with Crippen LogP contribution in [-0.4, -0.2) is 58.4 Å². The first-order valence-corrected chi connectivity index (χ1v) is 6.97. The Morgan fingerprint density at radius 2 is 2.28 bits per heavy atom. The number of nitrogens with zero attached hydrogens (tertiary/aromatic N) is 1. The third-order valence-electron chi connectivity index (χ3n) is 3.51. The van der Waals surface area contributed by atoms with Crippen LogP contribution >= 0.6 is 11.8 Å². The summed E-state index contributed by atoms with van der Waals surface area (Å²) in [7, 11) is 1.65. The molecule has 0 radical (unpaired) electrons. The normalized spacial score (nSPS) is 31.7. The van der Waals surface area contributed by atoms with Crippen LogP contribution in [0.25, 0.3) is 0 Å². The van der Waals surface area contributed by atoms with Gasteiger partial charge in [-0.2, -0.15) is 11.8 Å². The van der Waals surface area contributed by atoms with Crippen molar-refractivity contribution in [1.29, 1.82) is 0 Å². The van der Waals surface area contributed by atoms with Crippen molar-refractivity contribution < 1.29 is 19.5 Å². The zero-order valence-corrected chi connectivity index (χ0v) is 11.0. The van der Waals surface area contributed by atoms with Gasteiger partial charge in [0.15, 0.2) is 0 Å². The molecule has 0 bridgehead atoms. The Bertz CT molecular complexity index is 393. The minimum absolute atomic E-state index is 0.0691. The van der Waals surface area contributed by atoms with Crippen LogP contribution in [-0.2, 0) is 14.4 Å². The summed E-state index contributed by atoms with van der Waals surface area (Å²) < 4.78 is 0. The summed E-state index contributed by atoms with van der Waals surface area (Å²) in [6.45, 7) is 0.369. The zero-order chi connectivity index (χ0) is 13.3. The molecule has 2 amide bonds. The van der Waals surface area contributed by atoms with Crippen molar-refractivity contribution in [1.82, 2.24) is 10.2 Å². The molecule has 7 heteroatoms. The van der Waals surface area contributed by atoms with Crippen molar-refractivity contribution in [2.75, 3.05) is 25.1 Å². The van der Waals surface area contributed by atoms with Crippen molar-refractivity contribution in [2.45, 2.75) is 18.4 Å². The van der Waals surface area contributed by atoms with E-state index in [1.165, 1.54) is 16.7 Å². The molecule has 2 rings (SSSR count). The van der Waals surface area contributed by atoms with Gasteiger partial charge in [-0.25, -0.2) is 4.79 Å². The Kier molecular flexibility index (Phi) is 3.52. The van der Waals surface area contributed by atoms with Crippen LogP contribution in [0.5, 0.6) is 0 Å². The number of amides is 2. The first kappa shape index (κ1) is 13.2. The molecule has 100 valence electrons. The fourth-order valence-corrected chi connectivity index (χ4v) is 3.59. The molecular formula is C11H16N2O4S. The monoisotopic (exact) mass is 272 g/mol. The molecule has 0 saturated carbocycles. The Labute approximate surface area is 109 Å². The molecule has 2 aliphatic heterocycles. The van der Waals surface area contributed by atoms with Crippen molar-refractivity contribution in [3.8, 4) is 0 Å². The second kappa shape index (κ2) is 4.79. The maximum atomic E-state index is 12.0. The van der Waals surface area contributed by atoms with Gasteiger partial charge in [0.2, 0.25) is 11.8 Å². The molecule has 0 aromatic heterocycles. The summed E-state index contributed by atoms with van der Waals surface area (Å²) in [4.78, 5) is 36.2. The largest absolute Gasteiger partial charge is 0.479 e. The van der Waals surface area contributed by atoms with E-state index in [1.54, 1.807) is 7.05 Å². The number of thioether (sulfide) groups is 1. The highest BCUT2D eigenvalue weighted by Gasteiger charge is 2.45. The summed E-state index contributed by atoms with van der Waals surface area (Å²) in [5, 5.41) is 11.9. The number of carboxylic acids is 1. The van der Waals surface area contributed by atoms with Gasteiger partial charge in [0, 0.05) is 25.8 Å². The molecule has 2 aliphatic rings. The summed E-state index contributed by atoms with van der Waals surface area (Å²) >= 11 is 1.52. The lowest BCUT2D eigenvalue weighted by atomic mass is 9.97. The van der Waals surface area contributed by atoms with Gasteiger partial charge in [-0.05, 0) is 12.2 Å². The highest BCUT2D eigenvalue weighted by atomic mass is 32.2. The molecule has 6 nitrogen and oxygen atoms in total. The van der Waals surface area contributed by atoms with Gasteiger partial charge in [-0.15, -0.1) is 0 Å². The van der Waals surface area contributed by atoms with E-state index in [9.17, 15) is 19.5 Å². The number of nitrogens with one attached hydrogen (secondary N) is 1. The summed E-state index contributed by atoms with van der Waals surface area (Å²) in [6.07, 6.45) is 0.612. The topological polar surface area (TPSA) is 86.7 Å². The third-order valence-corrected chi connectivity index (χ3v) is 4.70. The quantitative estimate of drug-likeness (QED) is 0.726. The van der Waals surface area contributed by atoms with E-state index < -0.39 is 17.4 Å². The van der Waals surface area contributed by atoms with Gasteiger partial charge in [0.05, 0.1) is 5.92 Å². The molecule has 0 spiro atoms. The van der Waals surface area contributed by atoms with Crippen LogP contribution < -0.4 is 5.32 Å². The van der Waals surface area contributed by atoms with Gasteiger partial charge in [-0.1, -0.05) is 0 Å². The fraction of sp³-hybridized carbons (Fsp3) is 0.727. The van der Waals surface area contributed by atoms with Gasteiger partial charge in [0.1, 0.15) is 5.54 Å². The van der Waals surface area contributed by atoms with Crippen molar-refractivity contribution in [3.63, 3.8) is 0 Å². The van der Waals surface area contributed by atoms with E-state index in [2.05, 4.69) is 5.32 Å². The molecule has 0 aromatic rings. The molecular weight excluding hydrogens is 256 g/mol. The first-order chi connectivity index (χ1) is 8.44. The van der Waals surface area contributed by atoms with Crippen molar-refractivity contribution >= 4 is 29.5 Å². The summed E-state index contributed by atoms with van der Waals surface area (Å²) in [6, 6.07) is 0. The second-order valence-corrected chi connectivity index (χ2v) is 5.96. The van der Waals surface area contributed by atoms with Gasteiger partial charge in [0.25, 0.3) is 0 Å². The Morgan fingerprint density at radius 1 is 1.56 bits per heavy atom. The number of carbonyl (C=O) groups excluding carboxylic acids is 2. The fourth-order valence-electron chi connectivity index (χ4n) is 2.26. The molecule has 0 aliphatic carbocycles. The molecule has 2 N–H and O–H groups in total. The summed E-state index contributed by atoms with van der Waals surface area (Å²) in [5.41, 5.74) is -1.15. The predicted molar refractivity (Wildman–Crippen MR) is 66.2 cm³/mol. The van der Waals surface area contributed by atoms with E-state index in [0.29, 0.717) is 18.7 Å².